The van der Waals surface area contributed by atoms with E-state index in [0.29, 0.717) is 24.0 Å². The highest BCUT2D eigenvalue weighted by Crippen LogP contribution is 2.40. The maximum atomic E-state index is 13.6. The molecule has 1 aliphatic carbocycles. The molecule has 3 heteroatoms. The predicted octanol–water partition coefficient (Wildman–Crippen LogP) is 8.22. The summed E-state index contributed by atoms with van der Waals surface area (Å²) in [6.45, 7) is 16.9. The third-order valence-corrected chi connectivity index (χ3v) is 8.07. The molecule has 0 amide bonds. The van der Waals surface area contributed by atoms with E-state index in [4.69, 9.17) is 0 Å². The Morgan fingerprint density at radius 3 is 2.29 bits per heavy atom. The van der Waals surface area contributed by atoms with Gasteiger partial charge in [-0.05, 0) is 91.9 Å². The average molecular weight is 483 g/mol. The highest BCUT2D eigenvalue weighted by Gasteiger charge is 2.34. The van der Waals surface area contributed by atoms with Gasteiger partial charge in [-0.25, -0.2) is 0 Å². The quantitative estimate of drug-likeness (QED) is 0.251. The average Bonchev–Trinajstić information content (AvgIpc) is 2.74. The maximum absolute atomic E-state index is 13.6. The van der Waals surface area contributed by atoms with Gasteiger partial charge in [0.05, 0.1) is 6.42 Å². The lowest BCUT2D eigenvalue weighted by molar-refractivity contribution is -0.129. The highest BCUT2D eigenvalue weighted by atomic mass is 16.1. The topological polar surface area (TPSA) is 51.2 Å². The molecule has 0 saturated heterocycles. The number of benzene rings is 1. The van der Waals surface area contributed by atoms with Crippen LogP contribution in [0, 0.1) is 30.6 Å². The zero-order chi connectivity index (χ0) is 26.3. The first-order valence-corrected chi connectivity index (χ1v) is 14.2. The summed E-state index contributed by atoms with van der Waals surface area (Å²) in [5.74, 6) is 1.85. The molecule has 196 valence electrons. The number of hydrogen-bond donors (Lipinski definition) is 0. The normalized spacial score (nSPS) is 17.5. The Bertz CT molecular complexity index is 893. The first kappa shape index (κ1) is 29.5. The number of hydrogen-bond acceptors (Lipinski definition) is 3. The first-order chi connectivity index (χ1) is 16.5. The van der Waals surface area contributed by atoms with Crippen molar-refractivity contribution < 1.29 is 14.4 Å². The number of rotatable bonds is 14. The highest BCUT2D eigenvalue weighted by molar-refractivity contribution is 6.01. The molecule has 0 spiro atoms. The van der Waals surface area contributed by atoms with E-state index in [0.717, 1.165) is 50.5 Å². The molecule has 1 aromatic rings. The van der Waals surface area contributed by atoms with Crippen LogP contribution in [0.15, 0.2) is 6.07 Å². The molecule has 3 unspecified atom stereocenters. The minimum atomic E-state index is -0.0787. The van der Waals surface area contributed by atoms with Crippen LogP contribution in [0.3, 0.4) is 0 Å². The van der Waals surface area contributed by atoms with Crippen molar-refractivity contribution in [3.05, 3.63) is 33.9 Å². The molecular formula is C32H50O3. The van der Waals surface area contributed by atoms with Gasteiger partial charge in [0.1, 0.15) is 11.6 Å². The molecule has 3 atom stereocenters. The van der Waals surface area contributed by atoms with Gasteiger partial charge < -0.3 is 0 Å². The van der Waals surface area contributed by atoms with Crippen molar-refractivity contribution in [2.75, 3.05) is 0 Å². The molecule has 0 aliphatic heterocycles. The van der Waals surface area contributed by atoms with Gasteiger partial charge in [0, 0.05) is 17.9 Å². The molecule has 3 nitrogen and oxygen atoms in total. The summed E-state index contributed by atoms with van der Waals surface area (Å²) in [7, 11) is 0. The second-order valence-electron chi connectivity index (χ2n) is 11.9. The Labute approximate surface area is 214 Å². The van der Waals surface area contributed by atoms with Gasteiger partial charge in [0.2, 0.25) is 0 Å². The maximum Gasteiger partial charge on any atom is 0.163 e. The minimum absolute atomic E-state index is 0.0431. The van der Waals surface area contributed by atoms with E-state index >= 15 is 0 Å². The van der Waals surface area contributed by atoms with Crippen LogP contribution in [-0.2, 0) is 22.4 Å². The molecule has 1 aliphatic rings. The molecule has 0 aromatic heterocycles. The van der Waals surface area contributed by atoms with Crippen LogP contribution in [0.2, 0.25) is 0 Å². The number of ketones is 3. The van der Waals surface area contributed by atoms with Crippen molar-refractivity contribution in [1.82, 2.24) is 0 Å². The summed E-state index contributed by atoms with van der Waals surface area (Å²) in [4.78, 5) is 38.1. The molecule has 0 N–H and O–H groups in total. The van der Waals surface area contributed by atoms with Crippen molar-refractivity contribution in [3.8, 4) is 0 Å². The second kappa shape index (κ2) is 13.5. The minimum Gasteiger partial charge on any atom is -0.300 e. The third kappa shape index (κ3) is 7.86. The van der Waals surface area contributed by atoms with Gasteiger partial charge in [0.15, 0.2) is 5.78 Å². The zero-order valence-corrected chi connectivity index (χ0v) is 23.8. The molecule has 35 heavy (non-hydrogen) atoms. The van der Waals surface area contributed by atoms with Crippen molar-refractivity contribution >= 4 is 17.3 Å². The second-order valence-corrected chi connectivity index (χ2v) is 11.9. The van der Waals surface area contributed by atoms with Crippen LogP contribution in [0.1, 0.15) is 138 Å². The molecule has 0 fully saturated rings. The lowest BCUT2D eigenvalue weighted by Crippen LogP contribution is -2.30. The van der Waals surface area contributed by atoms with Gasteiger partial charge in [0.25, 0.3) is 0 Å². The van der Waals surface area contributed by atoms with E-state index < -0.39 is 0 Å². The number of aryl methyl sites for hydroxylation is 1. The molecule has 0 saturated carbocycles. The molecule has 2 rings (SSSR count). The zero-order valence-electron chi connectivity index (χ0n) is 23.8. The van der Waals surface area contributed by atoms with E-state index in [1.165, 1.54) is 35.6 Å². The Kier molecular flexibility index (Phi) is 11.4. The Hall–Kier alpha value is -1.77. The number of fused-ring (bicyclic) bond motifs is 1. The Morgan fingerprint density at radius 1 is 1.06 bits per heavy atom. The monoisotopic (exact) mass is 482 g/mol. The van der Waals surface area contributed by atoms with Gasteiger partial charge in [-0.1, -0.05) is 66.9 Å². The largest absolute Gasteiger partial charge is 0.300 e. The van der Waals surface area contributed by atoms with Crippen LogP contribution >= 0.6 is 0 Å². The summed E-state index contributed by atoms with van der Waals surface area (Å²) in [5.41, 5.74) is 6.16. The van der Waals surface area contributed by atoms with Gasteiger partial charge in [-0.15, -0.1) is 0 Å². The molecule has 0 heterocycles. The van der Waals surface area contributed by atoms with E-state index in [9.17, 15) is 14.4 Å². The van der Waals surface area contributed by atoms with Crippen LogP contribution in [0.25, 0.3) is 0 Å². The number of Topliss-reactive ketones (excluding diaryl/α,β-unsaturated/α-hetero) is 3. The Balaban J connectivity index is 2.34. The smallest absolute Gasteiger partial charge is 0.163 e. The molecular weight excluding hydrogens is 432 g/mol. The van der Waals surface area contributed by atoms with Crippen molar-refractivity contribution in [1.29, 1.82) is 0 Å². The summed E-state index contributed by atoms with van der Waals surface area (Å²) < 4.78 is 0. The fourth-order valence-corrected chi connectivity index (χ4v) is 6.36. The van der Waals surface area contributed by atoms with E-state index in [1.54, 1.807) is 0 Å². The fourth-order valence-electron chi connectivity index (χ4n) is 6.36. The first-order valence-electron chi connectivity index (χ1n) is 14.2. The van der Waals surface area contributed by atoms with E-state index in [-0.39, 0.29) is 35.7 Å². The summed E-state index contributed by atoms with van der Waals surface area (Å²) in [6.07, 6.45) is 8.63. The molecule has 0 bridgehead atoms. The van der Waals surface area contributed by atoms with Crippen molar-refractivity contribution in [2.45, 2.75) is 126 Å². The van der Waals surface area contributed by atoms with Crippen molar-refractivity contribution in [3.63, 3.8) is 0 Å². The SMILES string of the molecule is CCCC(CC1CC(=O)c2c(C)c(CCCC(C)C)cc(C(C)C)c2C1)C(CC)C(=O)CC(C)=O. The van der Waals surface area contributed by atoms with Crippen LogP contribution < -0.4 is 0 Å². The van der Waals surface area contributed by atoms with Gasteiger partial charge in [-0.2, -0.15) is 0 Å². The third-order valence-electron chi connectivity index (χ3n) is 8.07. The van der Waals surface area contributed by atoms with Crippen LogP contribution in [-0.4, -0.2) is 17.3 Å². The van der Waals surface area contributed by atoms with Gasteiger partial charge in [-0.3, -0.25) is 14.4 Å². The predicted molar refractivity (Wildman–Crippen MR) is 146 cm³/mol. The summed E-state index contributed by atoms with van der Waals surface area (Å²) in [5, 5.41) is 0. The fraction of sp³-hybridized carbons (Fsp3) is 0.719. The number of carbonyl (C=O) groups is 3. The van der Waals surface area contributed by atoms with E-state index in [1.807, 2.05) is 0 Å². The lowest BCUT2D eigenvalue weighted by Gasteiger charge is -2.33. The van der Waals surface area contributed by atoms with Crippen LogP contribution in [0.4, 0.5) is 0 Å². The van der Waals surface area contributed by atoms with Crippen LogP contribution in [0.5, 0.6) is 0 Å². The number of carbonyl (C=O) groups excluding carboxylic acids is 3. The van der Waals surface area contributed by atoms with Crippen molar-refractivity contribution in [2.24, 2.45) is 23.7 Å². The van der Waals surface area contributed by atoms with Gasteiger partial charge >= 0.3 is 0 Å². The standard InChI is InChI=1S/C32H50O3/c1-9-12-26(27(10-2)30(34)15-22(7)33)16-24-17-29-28(21(5)6)19-25(14-11-13-20(3)4)23(8)32(29)31(35)18-24/h19-21,24,26-27H,9-18H2,1-8H3. The molecule has 0 radical (unpaired) electrons. The summed E-state index contributed by atoms with van der Waals surface area (Å²) >= 11 is 0. The van der Waals surface area contributed by atoms with E-state index in [2.05, 4.69) is 54.5 Å². The Morgan fingerprint density at radius 2 is 1.74 bits per heavy atom. The lowest BCUT2D eigenvalue weighted by atomic mass is 9.70. The molecule has 1 aromatic carbocycles. The summed E-state index contributed by atoms with van der Waals surface area (Å²) in [6, 6.07) is 2.39.